The first kappa shape index (κ1) is 18.7. The highest BCUT2D eigenvalue weighted by Crippen LogP contribution is 2.69. The Bertz CT molecular complexity index is 1010. The van der Waals surface area contributed by atoms with E-state index < -0.39 is 21.2 Å². The van der Waals surface area contributed by atoms with E-state index in [0.717, 1.165) is 5.56 Å². The van der Waals surface area contributed by atoms with Crippen molar-refractivity contribution in [2.75, 3.05) is 13.3 Å². The van der Waals surface area contributed by atoms with Gasteiger partial charge in [-0.15, -0.1) is 6.58 Å². The summed E-state index contributed by atoms with van der Waals surface area (Å²) in [5, 5.41) is 10.1. The summed E-state index contributed by atoms with van der Waals surface area (Å²) in [7, 11) is 2.80. The molecule has 0 radical (unpaired) electrons. The molecule has 1 aromatic rings. The molecule has 2 amide bonds. The van der Waals surface area contributed by atoms with Gasteiger partial charge in [0.05, 0.1) is 17.5 Å². The quantitative estimate of drug-likeness (QED) is 0.539. The lowest BCUT2D eigenvalue weighted by Gasteiger charge is -2.58. The molecule has 0 saturated carbocycles. The maximum atomic E-state index is 13.7. The number of benzene rings is 1. The predicted octanol–water partition coefficient (Wildman–Crippen LogP) is 3.05. The van der Waals surface area contributed by atoms with E-state index in [1.54, 1.807) is 28.9 Å². The first-order valence-corrected chi connectivity index (χ1v) is 11.4. The molecule has 0 N–H and O–H groups in total. The summed E-state index contributed by atoms with van der Waals surface area (Å²) < 4.78 is 10.9. The SMILES string of the molecule is C=CCN1C(=O)[C@@]23C[C@](C)(C#N)C(c4ccc5c(c4)OCO5)N2C(=O)C1(C)SS3. The minimum Gasteiger partial charge on any atom is -0.454 e. The van der Waals surface area contributed by atoms with Crippen LogP contribution in [0.25, 0.3) is 0 Å². The third-order valence-corrected chi connectivity index (χ3v) is 9.83. The van der Waals surface area contributed by atoms with Crippen molar-refractivity contribution < 1.29 is 19.1 Å². The maximum absolute atomic E-state index is 13.7. The van der Waals surface area contributed by atoms with E-state index in [2.05, 4.69) is 12.6 Å². The highest BCUT2D eigenvalue weighted by Gasteiger charge is 2.75. The molecule has 0 aromatic heterocycles. The summed E-state index contributed by atoms with van der Waals surface area (Å²) in [6.07, 6.45) is 1.90. The first-order valence-electron chi connectivity index (χ1n) is 9.25. The number of piperazine rings is 1. The van der Waals surface area contributed by atoms with Crippen LogP contribution >= 0.6 is 21.6 Å². The van der Waals surface area contributed by atoms with E-state index >= 15 is 0 Å². The fourth-order valence-corrected chi connectivity index (χ4v) is 8.34. The van der Waals surface area contributed by atoms with Gasteiger partial charge in [0.25, 0.3) is 11.8 Å². The Morgan fingerprint density at radius 3 is 2.76 bits per heavy atom. The lowest BCUT2D eigenvalue weighted by atomic mass is 9.79. The molecule has 5 aliphatic heterocycles. The zero-order valence-corrected chi connectivity index (χ0v) is 17.6. The van der Waals surface area contributed by atoms with Crippen molar-refractivity contribution >= 4 is 33.4 Å². The van der Waals surface area contributed by atoms with Gasteiger partial charge in [-0.05, 0) is 31.5 Å². The average Bonchev–Trinajstić information content (AvgIpc) is 3.28. The van der Waals surface area contributed by atoms with E-state index in [-0.39, 0.29) is 25.0 Å². The van der Waals surface area contributed by atoms with Crippen LogP contribution in [-0.2, 0) is 9.59 Å². The number of carbonyl (C=O) groups excluding carboxylic acids is 2. The second kappa shape index (κ2) is 5.86. The van der Waals surface area contributed by atoms with Crippen molar-refractivity contribution in [3.8, 4) is 17.6 Å². The second-order valence-corrected chi connectivity index (χ2v) is 10.8. The lowest BCUT2D eigenvalue weighted by molar-refractivity contribution is -0.165. The number of fused-ring (bicyclic) bond motifs is 3. The minimum absolute atomic E-state index is 0.132. The topological polar surface area (TPSA) is 82.9 Å². The minimum atomic E-state index is -1.10. The van der Waals surface area contributed by atoms with Crippen LogP contribution < -0.4 is 9.47 Å². The van der Waals surface area contributed by atoms with E-state index in [4.69, 9.17) is 9.47 Å². The van der Waals surface area contributed by atoms with Gasteiger partial charge in [0.2, 0.25) is 6.79 Å². The van der Waals surface area contributed by atoms with Crippen LogP contribution in [0.1, 0.15) is 31.9 Å². The molecule has 2 unspecified atom stereocenters. The number of carbonyl (C=O) groups is 2. The van der Waals surface area contributed by atoms with E-state index in [1.807, 2.05) is 19.1 Å². The van der Waals surface area contributed by atoms with Crippen LogP contribution in [-0.4, -0.2) is 44.7 Å². The monoisotopic (exact) mass is 429 g/mol. The number of rotatable bonds is 3. The molecule has 6 rings (SSSR count). The van der Waals surface area contributed by atoms with Crippen LogP contribution in [0.15, 0.2) is 30.9 Å². The van der Waals surface area contributed by atoms with Crippen LogP contribution in [0.5, 0.6) is 11.5 Å². The molecule has 150 valence electrons. The summed E-state index contributed by atoms with van der Waals surface area (Å²) in [5.41, 5.74) is -0.157. The summed E-state index contributed by atoms with van der Waals surface area (Å²) >= 11 is 0. The fraction of sp³-hybridized carbons (Fsp3) is 0.450. The second-order valence-electron chi connectivity index (χ2n) is 8.03. The van der Waals surface area contributed by atoms with E-state index in [9.17, 15) is 14.9 Å². The highest BCUT2D eigenvalue weighted by molar-refractivity contribution is 8.78. The van der Waals surface area contributed by atoms with Gasteiger partial charge in [-0.3, -0.25) is 9.59 Å². The molecule has 1 spiro atoms. The smallest absolute Gasteiger partial charge is 0.261 e. The lowest BCUT2D eigenvalue weighted by Crippen LogP contribution is -2.74. The van der Waals surface area contributed by atoms with Gasteiger partial charge in [-0.1, -0.05) is 33.7 Å². The third kappa shape index (κ3) is 2.16. The number of nitrogens with zero attached hydrogens (tertiary/aromatic N) is 3. The molecule has 2 bridgehead atoms. The van der Waals surface area contributed by atoms with Crippen LogP contribution in [0.3, 0.4) is 0 Å². The van der Waals surface area contributed by atoms with Crippen LogP contribution in [0.4, 0.5) is 0 Å². The molecule has 4 atom stereocenters. The largest absolute Gasteiger partial charge is 0.454 e. The van der Waals surface area contributed by atoms with Crippen molar-refractivity contribution in [2.45, 2.75) is 36.1 Å². The van der Waals surface area contributed by atoms with Gasteiger partial charge in [0, 0.05) is 13.0 Å². The molecule has 1 aromatic carbocycles. The zero-order valence-electron chi connectivity index (χ0n) is 16.0. The van der Waals surface area contributed by atoms with E-state index in [0.29, 0.717) is 18.0 Å². The normalized spacial score (nSPS) is 36.9. The average molecular weight is 430 g/mol. The summed E-state index contributed by atoms with van der Waals surface area (Å²) in [5.74, 6) is 0.945. The Morgan fingerprint density at radius 2 is 2.03 bits per heavy atom. The van der Waals surface area contributed by atoms with Crippen molar-refractivity contribution in [1.29, 1.82) is 5.26 Å². The van der Waals surface area contributed by atoms with Gasteiger partial charge in [0.15, 0.2) is 21.2 Å². The standard InChI is InChI=1S/C20H19N3O4S2/c1-4-7-22-17(25)20-9-18(2,10-21)15(23(20)16(24)19(22,3)28-29-20)12-5-6-13-14(8-12)27-11-26-13/h4-6,8,15H,1,7,9,11H2,2-3H3/t15?,18-,19?,20+/m1/s1. The molecule has 4 saturated heterocycles. The maximum Gasteiger partial charge on any atom is 0.261 e. The van der Waals surface area contributed by atoms with Crippen molar-refractivity contribution in [3.05, 3.63) is 36.4 Å². The molecule has 5 heterocycles. The van der Waals surface area contributed by atoms with Crippen LogP contribution in [0, 0.1) is 16.7 Å². The first-order chi connectivity index (χ1) is 13.8. The fourth-order valence-electron chi connectivity index (χ4n) is 4.80. The van der Waals surface area contributed by atoms with Crippen molar-refractivity contribution in [3.63, 3.8) is 0 Å². The Balaban J connectivity index is 1.68. The Morgan fingerprint density at radius 1 is 1.28 bits per heavy atom. The highest BCUT2D eigenvalue weighted by atomic mass is 33.1. The van der Waals surface area contributed by atoms with Gasteiger partial charge >= 0.3 is 0 Å². The Kier molecular flexibility index (Phi) is 3.78. The molecule has 9 heteroatoms. The molecular formula is C20H19N3O4S2. The number of nitriles is 1. The number of hydrogen-bond acceptors (Lipinski definition) is 7. The van der Waals surface area contributed by atoms with Gasteiger partial charge in [-0.2, -0.15) is 5.26 Å². The zero-order chi connectivity index (χ0) is 20.6. The molecule has 0 aliphatic carbocycles. The molecule has 29 heavy (non-hydrogen) atoms. The summed E-state index contributed by atoms with van der Waals surface area (Å²) in [6.45, 7) is 7.78. The van der Waals surface area contributed by atoms with Crippen molar-refractivity contribution in [2.24, 2.45) is 5.41 Å². The van der Waals surface area contributed by atoms with Crippen molar-refractivity contribution in [1.82, 2.24) is 9.80 Å². The number of amides is 2. The van der Waals surface area contributed by atoms with Gasteiger partial charge in [0.1, 0.15) is 0 Å². The predicted molar refractivity (Wildman–Crippen MR) is 109 cm³/mol. The van der Waals surface area contributed by atoms with Crippen LogP contribution in [0.2, 0.25) is 0 Å². The molecule has 5 aliphatic rings. The number of ether oxygens (including phenoxy) is 2. The van der Waals surface area contributed by atoms with Gasteiger partial charge < -0.3 is 19.3 Å². The Hall–Kier alpha value is -2.31. The number of hydrogen-bond donors (Lipinski definition) is 0. The van der Waals surface area contributed by atoms with E-state index in [1.165, 1.54) is 21.6 Å². The van der Waals surface area contributed by atoms with Gasteiger partial charge in [-0.25, -0.2) is 0 Å². The molecular weight excluding hydrogens is 410 g/mol. The molecule has 4 fully saturated rings. The molecule has 7 nitrogen and oxygen atoms in total. The third-order valence-electron chi connectivity index (χ3n) is 6.19. The summed E-state index contributed by atoms with van der Waals surface area (Å²) in [6, 6.07) is 7.33. The summed E-state index contributed by atoms with van der Waals surface area (Å²) in [4.78, 5) is 28.5. The Labute approximate surface area is 176 Å².